The first-order valence-corrected chi connectivity index (χ1v) is 4.73. The van der Waals surface area contributed by atoms with Crippen LogP contribution >= 0.6 is 12.4 Å². The first-order valence-electron chi connectivity index (χ1n) is 4.73. The van der Waals surface area contributed by atoms with E-state index in [2.05, 4.69) is 5.32 Å². The second-order valence-corrected chi connectivity index (χ2v) is 3.96. The van der Waals surface area contributed by atoms with E-state index in [1.807, 2.05) is 0 Å². The zero-order chi connectivity index (χ0) is 8.55. The zero-order valence-electron chi connectivity index (χ0n) is 7.53. The van der Waals surface area contributed by atoms with Gasteiger partial charge in [0.1, 0.15) is 0 Å². The number of carbonyl (C=O) groups is 1. The molecule has 0 spiro atoms. The van der Waals surface area contributed by atoms with Crippen LogP contribution in [0.3, 0.4) is 0 Å². The van der Waals surface area contributed by atoms with Gasteiger partial charge in [-0.05, 0) is 38.1 Å². The van der Waals surface area contributed by atoms with E-state index >= 15 is 0 Å². The summed E-state index contributed by atoms with van der Waals surface area (Å²) in [6.45, 7) is 0.887. The van der Waals surface area contributed by atoms with Crippen molar-refractivity contribution in [2.75, 3.05) is 6.54 Å². The summed E-state index contributed by atoms with van der Waals surface area (Å²) in [5.74, 6) is 0.0890. The van der Waals surface area contributed by atoms with Crippen LogP contribution in [-0.4, -0.2) is 23.7 Å². The molecule has 1 aliphatic heterocycles. The third-order valence-corrected chi connectivity index (χ3v) is 2.98. The second kappa shape index (κ2) is 4.29. The maximum absolute atomic E-state index is 10.7. The van der Waals surface area contributed by atoms with Crippen molar-refractivity contribution < 1.29 is 9.90 Å². The Labute approximate surface area is 84.3 Å². The number of rotatable bonds is 2. The van der Waals surface area contributed by atoms with Crippen LogP contribution in [0.25, 0.3) is 0 Å². The molecule has 3 nitrogen and oxygen atoms in total. The first kappa shape index (κ1) is 10.8. The highest BCUT2D eigenvalue weighted by Gasteiger charge is 2.36. The van der Waals surface area contributed by atoms with E-state index in [1.54, 1.807) is 0 Å². The van der Waals surface area contributed by atoms with Crippen LogP contribution in [0.15, 0.2) is 0 Å². The predicted octanol–water partition coefficient (Wildman–Crippen LogP) is 1.27. The summed E-state index contributed by atoms with van der Waals surface area (Å²) in [5.41, 5.74) is 0. The summed E-state index contributed by atoms with van der Waals surface area (Å²) in [4.78, 5) is 10.7. The molecular weight excluding hydrogens is 190 g/mol. The lowest BCUT2D eigenvalue weighted by Gasteiger charge is -2.27. The molecule has 2 atom stereocenters. The zero-order valence-corrected chi connectivity index (χ0v) is 8.35. The maximum Gasteiger partial charge on any atom is 0.306 e. The molecule has 1 heterocycles. The molecule has 0 radical (unpaired) electrons. The van der Waals surface area contributed by atoms with Gasteiger partial charge in [-0.1, -0.05) is 0 Å². The Hall–Kier alpha value is -0.280. The van der Waals surface area contributed by atoms with Gasteiger partial charge in [0.05, 0.1) is 5.92 Å². The van der Waals surface area contributed by atoms with E-state index in [1.165, 1.54) is 12.8 Å². The van der Waals surface area contributed by atoms with Crippen molar-refractivity contribution in [3.05, 3.63) is 0 Å². The molecule has 0 aromatic carbocycles. The van der Waals surface area contributed by atoms with Gasteiger partial charge in [0.15, 0.2) is 0 Å². The lowest BCUT2D eigenvalue weighted by Crippen LogP contribution is -2.41. The lowest BCUT2D eigenvalue weighted by atomic mass is 9.90. The average molecular weight is 206 g/mol. The number of hydrogen-bond acceptors (Lipinski definition) is 2. The Balaban J connectivity index is 0.000000845. The van der Waals surface area contributed by atoms with E-state index in [9.17, 15) is 4.79 Å². The SMILES string of the molecule is Cl.O=C(O)[C@@H]1CCN[C@@H](C2CC2)C1. The van der Waals surface area contributed by atoms with Crippen molar-refractivity contribution in [1.29, 1.82) is 0 Å². The highest BCUT2D eigenvalue weighted by molar-refractivity contribution is 5.85. The van der Waals surface area contributed by atoms with Crippen LogP contribution in [0.5, 0.6) is 0 Å². The molecule has 2 N–H and O–H groups in total. The third kappa shape index (κ3) is 2.58. The Morgan fingerprint density at radius 2 is 2.00 bits per heavy atom. The molecule has 1 aliphatic carbocycles. The van der Waals surface area contributed by atoms with Gasteiger partial charge in [-0.3, -0.25) is 4.79 Å². The van der Waals surface area contributed by atoms with Gasteiger partial charge in [-0.15, -0.1) is 12.4 Å². The number of hydrogen-bond donors (Lipinski definition) is 2. The molecule has 0 aromatic heterocycles. The summed E-state index contributed by atoms with van der Waals surface area (Å²) in [7, 11) is 0. The molecular formula is C9H16ClNO2. The quantitative estimate of drug-likeness (QED) is 0.714. The van der Waals surface area contributed by atoms with Crippen LogP contribution in [0.1, 0.15) is 25.7 Å². The van der Waals surface area contributed by atoms with Gasteiger partial charge in [0.25, 0.3) is 0 Å². The molecule has 0 unspecified atom stereocenters. The van der Waals surface area contributed by atoms with Gasteiger partial charge in [0, 0.05) is 6.04 Å². The minimum absolute atomic E-state index is 0. The van der Waals surface area contributed by atoms with Crippen LogP contribution in [0, 0.1) is 11.8 Å². The Bertz CT molecular complexity index is 194. The van der Waals surface area contributed by atoms with Crippen LogP contribution in [-0.2, 0) is 4.79 Å². The molecule has 1 saturated heterocycles. The summed E-state index contributed by atoms with van der Waals surface area (Å²) in [6.07, 6.45) is 4.24. The number of carboxylic acids is 1. The molecule has 2 fully saturated rings. The Kier molecular flexibility index (Phi) is 3.56. The smallest absolute Gasteiger partial charge is 0.306 e. The molecule has 2 aliphatic rings. The lowest BCUT2D eigenvalue weighted by molar-refractivity contribution is -0.143. The van der Waals surface area contributed by atoms with Gasteiger partial charge in [-0.2, -0.15) is 0 Å². The molecule has 0 amide bonds. The van der Waals surface area contributed by atoms with E-state index < -0.39 is 5.97 Å². The average Bonchev–Trinajstić information content (AvgIpc) is 2.87. The number of carboxylic acid groups (broad SMARTS) is 1. The molecule has 1 saturated carbocycles. The van der Waals surface area contributed by atoms with Crippen LogP contribution in [0.2, 0.25) is 0 Å². The molecule has 0 bridgehead atoms. The Morgan fingerprint density at radius 3 is 2.54 bits per heavy atom. The normalized spacial score (nSPS) is 33.5. The topological polar surface area (TPSA) is 49.3 Å². The monoisotopic (exact) mass is 205 g/mol. The van der Waals surface area contributed by atoms with Crippen molar-refractivity contribution >= 4 is 18.4 Å². The molecule has 13 heavy (non-hydrogen) atoms. The number of aliphatic carboxylic acids is 1. The third-order valence-electron chi connectivity index (χ3n) is 2.98. The highest BCUT2D eigenvalue weighted by Crippen LogP contribution is 2.37. The summed E-state index contributed by atoms with van der Waals surface area (Å²) in [6, 6.07) is 0.500. The molecule has 76 valence electrons. The van der Waals surface area contributed by atoms with E-state index in [0.717, 1.165) is 25.3 Å². The predicted molar refractivity (Wildman–Crippen MR) is 52.1 cm³/mol. The van der Waals surface area contributed by atoms with Gasteiger partial charge in [-0.25, -0.2) is 0 Å². The van der Waals surface area contributed by atoms with Gasteiger partial charge in [0.2, 0.25) is 0 Å². The van der Waals surface area contributed by atoms with Gasteiger partial charge < -0.3 is 10.4 Å². The maximum atomic E-state index is 10.7. The van der Waals surface area contributed by atoms with Crippen molar-refractivity contribution in [2.24, 2.45) is 11.8 Å². The minimum Gasteiger partial charge on any atom is -0.481 e. The van der Waals surface area contributed by atoms with Crippen molar-refractivity contribution in [3.8, 4) is 0 Å². The highest BCUT2D eigenvalue weighted by atomic mass is 35.5. The minimum atomic E-state index is -0.609. The molecule has 2 rings (SSSR count). The van der Waals surface area contributed by atoms with Crippen molar-refractivity contribution in [2.45, 2.75) is 31.7 Å². The van der Waals surface area contributed by atoms with Crippen LogP contribution in [0.4, 0.5) is 0 Å². The standard InChI is InChI=1S/C9H15NO2.ClH/c11-9(12)7-3-4-10-8(5-7)6-1-2-6;/h6-8,10H,1-5H2,(H,11,12);1H/t7-,8-;/m1./s1. The summed E-state index contributed by atoms with van der Waals surface area (Å²) in [5, 5.41) is 12.2. The fourth-order valence-corrected chi connectivity index (χ4v) is 2.03. The van der Waals surface area contributed by atoms with E-state index in [0.29, 0.717) is 6.04 Å². The van der Waals surface area contributed by atoms with E-state index in [4.69, 9.17) is 5.11 Å². The summed E-state index contributed by atoms with van der Waals surface area (Å²) >= 11 is 0. The summed E-state index contributed by atoms with van der Waals surface area (Å²) < 4.78 is 0. The number of halogens is 1. The fraction of sp³-hybridized carbons (Fsp3) is 0.889. The van der Waals surface area contributed by atoms with Crippen molar-refractivity contribution in [1.82, 2.24) is 5.32 Å². The van der Waals surface area contributed by atoms with Crippen molar-refractivity contribution in [3.63, 3.8) is 0 Å². The number of piperidine rings is 1. The van der Waals surface area contributed by atoms with Crippen LogP contribution < -0.4 is 5.32 Å². The molecule has 4 heteroatoms. The number of nitrogens with one attached hydrogen (secondary N) is 1. The largest absolute Gasteiger partial charge is 0.481 e. The first-order chi connectivity index (χ1) is 5.77. The molecule has 0 aromatic rings. The van der Waals surface area contributed by atoms with Gasteiger partial charge >= 0.3 is 5.97 Å². The fourth-order valence-electron chi connectivity index (χ4n) is 2.03. The second-order valence-electron chi connectivity index (χ2n) is 3.96. The van der Waals surface area contributed by atoms with E-state index in [-0.39, 0.29) is 18.3 Å². The Morgan fingerprint density at radius 1 is 1.31 bits per heavy atom.